The summed E-state index contributed by atoms with van der Waals surface area (Å²) in [7, 11) is 1.46. The van der Waals surface area contributed by atoms with E-state index in [0.717, 1.165) is 25.7 Å². The molecule has 43 heavy (non-hydrogen) atoms. The average Bonchev–Trinajstić information content (AvgIpc) is 3.88. The summed E-state index contributed by atoms with van der Waals surface area (Å²) in [5.74, 6) is -0.960. The number of halogens is 3. The molecule has 3 fully saturated rings. The van der Waals surface area contributed by atoms with E-state index in [1.807, 2.05) is 28.2 Å². The van der Waals surface area contributed by atoms with Crippen LogP contribution in [0.4, 0.5) is 14.9 Å². The molecular formula is C31H34Cl2FN5O4. The topological polar surface area (TPSA) is 95.9 Å². The van der Waals surface area contributed by atoms with Gasteiger partial charge in [0.05, 0.1) is 18.0 Å². The number of amides is 3. The molecule has 0 spiro atoms. The van der Waals surface area contributed by atoms with Crippen LogP contribution in [0, 0.1) is 5.82 Å². The number of nitrogens with one attached hydrogen (secondary N) is 2. The van der Waals surface area contributed by atoms with E-state index in [-0.39, 0.29) is 59.1 Å². The summed E-state index contributed by atoms with van der Waals surface area (Å²) < 4.78 is 23.8. The van der Waals surface area contributed by atoms with Crippen molar-refractivity contribution in [3.8, 4) is 5.75 Å². The van der Waals surface area contributed by atoms with E-state index in [1.165, 1.54) is 13.2 Å². The maximum atomic E-state index is 16.1. The number of benzene rings is 2. The van der Waals surface area contributed by atoms with Gasteiger partial charge >= 0.3 is 6.03 Å². The van der Waals surface area contributed by atoms with Gasteiger partial charge in [-0.2, -0.15) is 0 Å². The van der Waals surface area contributed by atoms with Gasteiger partial charge in [-0.1, -0.05) is 29.3 Å². The van der Waals surface area contributed by atoms with Crippen molar-refractivity contribution < 1.29 is 18.7 Å². The first kappa shape index (κ1) is 29.6. The largest absolute Gasteiger partial charge is 0.492 e. The summed E-state index contributed by atoms with van der Waals surface area (Å²) in [6.07, 6.45) is 5.26. The zero-order valence-electron chi connectivity index (χ0n) is 24.3. The maximum absolute atomic E-state index is 16.1. The SMILES string of the molecule is COc1c(N2CC(C)N(C(=O)NC3CC3)C(C)C2)c(F)cc2c(=O)c(C(=O)NCc3ccc(Cl)cc3Cl)cn(C3CC3)c12. The van der Waals surface area contributed by atoms with Crippen molar-refractivity contribution in [3.63, 3.8) is 0 Å². The molecule has 2 saturated carbocycles. The zero-order valence-corrected chi connectivity index (χ0v) is 25.8. The lowest BCUT2D eigenvalue weighted by Crippen LogP contribution is -2.61. The number of carbonyl (C=O) groups is 2. The number of methoxy groups -OCH3 is 1. The van der Waals surface area contributed by atoms with Crippen molar-refractivity contribution in [2.75, 3.05) is 25.1 Å². The molecule has 6 rings (SSSR count). The zero-order chi connectivity index (χ0) is 30.6. The molecule has 1 aromatic heterocycles. The fourth-order valence-electron chi connectivity index (χ4n) is 6.05. The molecule has 2 aromatic carbocycles. The van der Waals surface area contributed by atoms with Crippen molar-refractivity contribution in [2.45, 2.75) is 70.2 Å². The number of piperazine rings is 1. The van der Waals surface area contributed by atoms with E-state index in [0.29, 0.717) is 34.2 Å². The number of carbonyl (C=O) groups excluding carboxylic acids is 2. The highest BCUT2D eigenvalue weighted by Gasteiger charge is 2.38. The number of ether oxygens (including phenoxy) is 1. The van der Waals surface area contributed by atoms with E-state index in [9.17, 15) is 14.4 Å². The Balaban J connectivity index is 1.35. The van der Waals surface area contributed by atoms with Crippen LogP contribution in [0.3, 0.4) is 0 Å². The van der Waals surface area contributed by atoms with Crippen LogP contribution in [0.2, 0.25) is 10.0 Å². The Morgan fingerprint density at radius 2 is 1.77 bits per heavy atom. The van der Waals surface area contributed by atoms with Crippen LogP contribution in [0.25, 0.3) is 10.9 Å². The average molecular weight is 631 g/mol. The number of pyridine rings is 1. The number of hydrogen-bond acceptors (Lipinski definition) is 5. The van der Waals surface area contributed by atoms with Crippen LogP contribution in [0.15, 0.2) is 35.3 Å². The fraction of sp³-hybridized carbons (Fsp3) is 0.452. The predicted octanol–water partition coefficient (Wildman–Crippen LogP) is 5.49. The van der Waals surface area contributed by atoms with Crippen molar-refractivity contribution >= 4 is 51.7 Å². The monoisotopic (exact) mass is 629 g/mol. The molecule has 3 aliphatic rings. The Labute approximate surface area is 258 Å². The normalized spacial score (nSPS) is 20.3. The minimum Gasteiger partial charge on any atom is -0.492 e. The van der Waals surface area contributed by atoms with Crippen LogP contribution in [-0.2, 0) is 6.54 Å². The molecule has 3 aromatic rings. The molecule has 1 aliphatic heterocycles. The lowest BCUT2D eigenvalue weighted by atomic mass is 10.0. The van der Waals surface area contributed by atoms with Crippen molar-refractivity contribution in [2.24, 2.45) is 0 Å². The molecule has 2 heterocycles. The second-order valence-corrected chi connectivity index (χ2v) is 12.6. The minimum absolute atomic E-state index is 0.0494. The van der Waals surface area contributed by atoms with E-state index in [2.05, 4.69) is 10.6 Å². The van der Waals surface area contributed by atoms with E-state index in [4.69, 9.17) is 27.9 Å². The lowest BCUT2D eigenvalue weighted by Gasteiger charge is -2.45. The van der Waals surface area contributed by atoms with Gasteiger partial charge in [0.1, 0.15) is 11.3 Å². The molecule has 228 valence electrons. The molecule has 0 bridgehead atoms. The summed E-state index contributed by atoms with van der Waals surface area (Å²) in [5.41, 5.74) is 0.681. The van der Waals surface area contributed by atoms with Gasteiger partial charge < -0.3 is 29.7 Å². The third-order valence-electron chi connectivity index (χ3n) is 8.42. The number of hydrogen-bond donors (Lipinski definition) is 2. The summed E-state index contributed by atoms with van der Waals surface area (Å²) in [6, 6.07) is 5.98. The third-order valence-corrected chi connectivity index (χ3v) is 9.00. The summed E-state index contributed by atoms with van der Waals surface area (Å²) >= 11 is 12.2. The Morgan fingerprint density at radius 1 is 1.07 bits per heavy atom. The van der Waals surface area contributed by atoms with Gasteiger partial charge in [-0.15, -0.1) is 0 Å². The van der Waals surface area contributed by atoms with Crippen LogP contribution in [0.5, 0.6) is 5.75 Å². The Hall–Kier alpha value is -3.50. The van der Waals surface area contributed by atoms with Crippen LogP contribution < -0.4 is 25.7 Å². The van der Waals surface area contributed by atoms with E-state index >= 15 is 4.39 Å². The second-order valence-electron chi connectivity index (χ2n) is 11.8. The Kier molecular flexibility index (Phi) is 7.93. The number of urea groups is 1. The highest BCUT2D eigenvalue weighted by atomic mass is 35.5. The minimum atomic E-state index is -0.621. The van der Waals surface area contributed by atoms with Crippen LogP contribution in [0.1, 0.15) is 61.5 Å². The molecule has 9 nitrogen and oxygen atoms in total. The smallest absolute Gasteiger partial charge is 0.318 e. The molecular weight excluding hydrogens is 596 g/mol. The van der Waals surface area contributed by atoms with Crippen molar-refractivity contribution in [1.29, 1.82) is 0 Å². The van der Waals surface area contributed by atoms with Gasteiger partial charge in [0.25, 0.3) is 5.91 Å². The Morgan fingerprint density at radius 3 is 2.37 bits per heavy atom. The van der Waals surface area contributed by atoms with Crippen LogP contribution >= 0.6 is 23.2 Å². The molecule has 2 unspecified atom stereocenters. The van der Waals surface area contributed by atoms with Crippen molar-refractivity contribution in [1.82, 2.24) is 20.1 Å². The molecule has 2 atom stereocenters. The number of nitrogens with zero attached hydrogens (tertiary/aromatic N) is 3. The van der Waals surface area contributed by atoms with Gasteiger partial charge in [-0.3, -0.25) is 9.59 Å². The van der Waals surface area contributed by atoms with Gasteiger partial charge in [0, 0.05) is 60.0 Å². The number of fused-ring (bicyclic) bond motifs is 1. The maximum Gasteiger partial charge on any atom is 0.318 e. The highest BCUT2D eigenvalue weighted by molar-refractivity contribution is 6.35. The molecule has 2 aliphatic carbocycles. The standard InChI is InChI=1S/C31H34Cl2FN5O4/c1-16-13-37(14-17(2)39(16)31(42)36-20-6-7-20)27-25(34)11-22-26(29(27)43-3)38(21-8-9-21)15-23(28(22)40)30(41)35-12-18-4-5-19(32)10-24(18)33/h4-5,10-11,15-17,20-21H,6-9,12-14H2,1-3H3,(H,35,41)(H,36,42). The first-order valence-electron chi connectivity index (χ1n) is 14.6. The highest BCUT2D eigenvalue weighted by Crippen LogP contribution is 2.44. The molecule has 0 radical (unpaired) electrons. The van der Waals surface area contributed by atoms with Crippen LogP contribution in [-0.4, -0.2) is 59.7 Å². The quantitative estimate of drug-likeness (QED) is 0.360. The number of anilines is 1. The van der Waals surface area contributed by atoms with Gasteiger partial charge in [0.15, 0.2) is 11.6 Å². The molecule has 2 N–H and O–H groups in total. The predicted molar refractivity (Wildman–Crippen MR) is 165 cm³/mol. The van der Waals surface area contributed by atoms with Gasteiger partial charge in [-0.05, 0) is 63.3 Å². The molecule has 1 saturated heterocycles. The third kappa shape index (κ3) is 5.74. The van der Waals surface area contributed by atoms with E-state index in [1.54, 1.807) is 24.4 Å². The molecule has 3 amide bonds. The number of rotatable bonds is 7. The van der Waals surface area contributed by atoms with Gasteiger partial charge in [0.2, 0.25) is 5.43 Å². The second kappa shape index (κ2) is 11.5. The summed E-state index contributed by atoms with van der Waals surface area (Å²) in [4.78, 5) is 43.6. The van der Waals surface area contributed by atoms with Crippen molar-refractivity contribution in [3.05, 3.63) is 67.7 Å². The number of aromatic nitrogens is 1. The summed E-state index contributed by atoms with van der Waals surface area (Å²) in [6.45, 7) is 4.77. The fourth-order valence-corrected chi connectivity index (χ4v) is 6.53. The Bertz CT molecular complexity index is 1660. The van der Waals surface area contributed by atoms with Gasteiger partial charge in [-0.25, -0.2) is 9.18 Å². The lowest BCUT2D eigenvalue weighted by molar-refractivity contribution is 0.0949. The van der Waals surface area contributed by atoms with E-state index < -0.39 is 17.2 Å². The first-order valence-corrected chi connectivity index (χ1v) is 15.3. The first-order chi connectivity index (χ1) is 20.6. The summed E-state index contributed by atoms with van der Waals surface area (Å²) in [5, 5.41) is 6.76. The molecule has 12 heteroatoms.